The molecule has 1 atom stereocenters. The lowest BCUT2D eigenvalue weighted by Crippen LogP contribution is -2.46. The number of likely N-dealkylation sites (tertiary alicyclic amines) is 1. The second kappa shape index (κ2) is 8.08. The number of nitrogens with one attached hydrogen (secondary N) is 1. The first-order valence-corrected chi connectivity index (χ1v) is 8.15. The maximum absolute atomic E-state index is 14.0. The summed E-state index contributed by atoms with van der Waals surface area (Å²) in [7, 11) is 0. The Morgan fingerprint density at radius 2 is 2.00 bits per heavy atom. The SMILES string of the molecule is CCCC(NC(=O)N1CCC(C(=O)O)CC1)c1ccc(F)cc1F. The highest BCUT2D eigenvalue weighted by Crippen LogP contribution is 2.24. The third-order valence-corrected chi connectivity index (χ3v) is 4.34. The number of aliphatic carboxylic acids is 1. The largest absolute Gasteiger partial charge is 0.481 e. The minimum atomic E-state index is -0.840. The molecule has 24 heavy (non-hydrogen) atoms. The number of nitrogens with zero attached hydrogens (tertiary/aromatic N) is 1. The van der Waals surface area contributed by atoms with Gasteiger partial charge in [0.1, 0.15) is 11.6 Å². The molecule has 7 heteroatoms. The first kappa shape index (κ1) is 18.2. The molecule has 1 fully saturated rings. The van der Waals surface area contributed by atoms with Gasteiger partial charge in [0.15, 0.2) is 0 Å². The zero-order valence-electron chi connectivity index (χ0n) is 13.6. The molecule has 0 aliphatic carbocycles. The van der Waals surface area contributed by atoms with Crippen molar-refractivity contribution in [3.8, 4) is 0 Å². The third-order valence-electron chi connectivity index (χ3n) is 4.34. The van der Waals surface area contributed by atoms with E-state index in [2.05, 4.69) is 5.32 Å². The molecule has 0 radical (unpaired) electrons. The zero-order chi connectivity index (χ0) is 17.7. The van der Waals surface area contributed by atoms with Crippen molar-refractivity contribution in [2.24, 2.45) is 5.92 Å². The standard InChI is InChI=1S/C17H22F2N2O3/c1-2-3-15(13-5-4-12(18)10-14(13)19)20-17(24)21-8-6-11(7-9-21)16(22)23/h4-5,10-11,15H,2-3,6-9H2,1H3,(H,20,24)(H,22,23). The number of hydrogen-bond donors (Lipinski definition) is 2. The molecule has 0 bridgehead atoms. The molecule has 2 amide bonds. The van der Waals surface area contributed by atoms with Gasteiger partial charge in [0.25, 0.3) is 0 Å². The summed E-state index contributed by atoms with van der Waals surface area (Å²) in [6.45, 7) is 2.63. The summed E-state index contributed by atoms with van der Waals surface area (Å²) < 4.78 is 27.1. The van der Waals surface area contributed by atoms with E-state index in [1.54, 1.807) is 4.90 Å². The maximum atomic E-state index is 14.0. The van der Waals surface area contributed by atoms with Crippen molar-refractivity contribution in [3.63, 3.8) is 0 Å². The van der Waals surface area contributed by atoms with Gasteiger partial charge in [-0.2, -0.15) is 0 Å². The summed E-state index contributed by atoms with van der Waals surface area (Å²) in [6, 6.07) is 2.44. The van der Waals surface area contributed by atoms with Gasteiger partial charge in [0.05, 0.1) is 12.0 Å². The molecule has 1 heterocycles. The van der Waals surface area contributed by atoms with Crippen molar-refractivity contribution < 1.29 is 23.5 Å². The minimum Gasteiger partial charge on any atom is -0.481 e. The van der Waals surface area contributed by atoms with Crippen molar-refractivity contribution in [1.29, 1.82) is 0 Å². The molecular weight excluding hydrogens is 318 g/mol. The van der Waals surface area contributed by atoms with Crippen molar-refractivity contribution in [1.82, 2.24) is 10.2 Å². The lowest BCUT2D eigenvalue weighted by atomic mass is 9.97. The van der Waals surface area contributed by atoms with Crippen LogP contribution < -0.4 is 5.32 Å². The van der Waals surface area contributed by atoms with E-state index >= 15 is 0 Å². The highest BCUT2D eigenvalue weighted by Gasteiger charge is 2.28. The summed E-state index contributed by atoms with van der Waals surface area (Å²) in [5.74, 6) is -2.60. The van der Waals surface area contributed by atoms with Gasteiger partial charge in [-0.05, 0) is 25.3 Å². The van der Waals surface area contributed by atoms with Crippen LogP contribution in [0.15, 0.2) is 18.2 Å². The molecule has 1 aliphatic heterocycles. The van der Waals surface area contributed by atoms with E-state index in [1.165, 1.54) is 12.1 Å². The van der Waals surface area contributed by atoms with E-state index in [-0.39, 0.29) is 11.6 Å². The van der Waals surface area contributed by atoms with Gasteiger partial charge >= 0.3 is 12.0 Å². The Morgan fingerprint density at radius 3 is 2.54 bits per heavy atom. The molecular formula is C17H22F2N2O3. The first-order valence-electron chi connectivity index (χ1n) is 8.15. The zero-order valence-corrected chi connectivity index (χ0v) is 13.6. The van der Waals surface area contributed by atoms with E-state index < -0.39 is 29.6 Å². The molecule has 132 valence electrons. The van der Waals surface area contributed by atoms with Crippen LogP contribution in [0.4, 0.5) is 13.6 Å². The number of piperidine rings is 1. The molecule has 1 aliphatic rings. The third kappa shape index (κ3) is 4.43. The Kier molecular flexibility index (Phi) is 6.11. The van der Waals surface area contributed by atoms with E-state index in [9.17, 15) is 18.4 Å². The molecule has 5 nitrogen and oxygen atoms in total. The van der Waals surface area contributed by atoms with Crippen molar-refractivity contribution >= 4 is 12.0 Å². The average Bonchev–Trinajstić information content (AvgIpc) is 2.54. The Bertz CT molecular complexity index is 601. The monoisotopic (exact) mass is 340 g/mol. The Balaban J connectivity index is 2.02. The topological polar surface area (TPSA) is 69.6 Å². The van der Waals surface area contributed by atoms with Crippen molar-refractivity contribution in [2.45, 2.75) is 38.6 Å². The van der Waals surface area contributed by atoms with Crippen LogP contribution in [0, 0.1) is 17.6 Å². The summed E-state index contributed by atoms with van der Waals surface area (Å²) in [5.41, 5.74) is 0.257. The molecule has 1 unspecified atom stereocenters. The average molecular weight is 340 g/mol. The fourth-order valence-corrected chi connectivity index (χ4v) is 2.95. The predicted octanol–water partition coefficient (Wildman–Crippen LogP) is 3.31. The van der Waals surface area contributed by atoms with Crippen molar-refractivity contribution in [2.75, 3.05) is 13.1 Å². The molecule has 2 N–H and O–H groups in total. The van der Waals surface area contributed by atoms with E-state index in [0.29, 0.717) is 32.4 Å². The van der Waals surface area contributed by atoms with Crippen LogP contribution in [0.25, 0.3) is 0 Å². The maximum Gasteiger partial charge on any atom is 0.317 e. The van der Waals surface area contributed by atoms with Crippen LogP contribution in [0.1, 0.15) is 44.2 Å². The molecule has 0 spiro atoms. The van der Waals surface area contributed by atoms with Gasteiger partial charge in [0, 0.05) is 24.7 Å². The van der Waals surface area contributed by atoms with Gasteiger partial charge in [0.2, 0.25) is 0 Å². The Labute approximate surface area is 139 Å². The second-order valence-electron chi connectivity index (χ2n) is 6.06. The molecule has 0 saturated carbocycles. The van der Waals surface area contributed by atoms with Crippen LogP contribution in [0.2, 0.25) is 0 Å². The first-order chi connectivity index (χ1) is 11.4. The Hall–Kier alpha value is -2.18. The van der Waals surface area contributed by atoms with Crippen LogP contribution in [0.3, 0.4) is 0 Å². The summed E-state index contributed by atoms with van der Waals surface area (Å²) in [5, 5.41) is 11.8. The minimum absolute atomic E-state index is 0.257. The molecule has 1 aromatic rings. The molecule has 1 saturated heterocycles. The molecule has 0 aromatic heterocycles. The summed E-state index contributed by atoms with van der Waals surface area (Å²) in [6.07, 6.45) is 2.07. The lowest BCUT2D eigenvalue weighted by molar-refractivity contribution is -0.143. The fraction of sp³-hybridized carbons (Fsp3) is 0.529. The van der Waals surface area contributed by atoms with Gasteiger partial charge in [-0.3, -0.25) is 4.79 Å². The van der Waals surface area contributed by atoms with Crippen molar-refractivity contribution in [3.05, 3.63) is 35.4 Å². The van der Waals surface area contributed by atoms with Gasteiger partial charge in [-0.15, -0.1) is 0 Å². The predicted molar refractivity (Wildman–Crippen MR) is 84.5 cm³/mol. The second-order valence-corrected chi connectivity index (χ2v) is 6.06. The van der Waals surface area contributed by atoms with Gasteiger partial charge in [-0.25, -0.2) is 13.6 Å². The highest BCUT2D eigenvalue weighted by molar-refractivity contribution is 5.76. The Morgan fingerprint density at radius 1 is 1.33 bits per heavy atom. The van der Waals surface area contributed by atoms with Gasteiger partial charge < -0.3 is 15.3 Å². The number of urea groups is 1. The number of carboxylic acid groups (broad SMARTS) is 1. The van der Waals surface area contributed by atoms with E-state index in [1.807, 2.05) is 6.92 Å². The molecule has 1 aromatic carbocycles. The number of carbonyl (C=O) groups excluding carboxylic acids is 1. The van der Waals surface area contributed by atoms with Crippen LogP contribution >= 0.6 is 0 Å². The van der Waals surface area contributed by atoms with Crippen LogP contribution in [0.5, 0.6) is 0 Å². The number of rotatable bonds is 5. The number of halogens is 2. The lowest BCUT2D eigenvalue weighted by Gasteiger charge is -2.32. The number of carbonyl (C=O) groups is 2. The van der Waals surface area contributed by atoms with E-state index in [0.717, 1.165) is 12.5 Å². The quantitative estimate of drug-likeness (QED) is 0.864. The normalized spacial score (nSPS) is 16.7. The number of amides is 2. The molecule has 2 rings (SSSR count). The summed E-state index contributed by atoms with van der Waals surface area (Å²) >= 11 is 0. The fourth-order valence-electron chi connectivity index (χ4n) is 2.95. The smallest absolute Gasteiger partial charge is 0.317 e. The highest BCUT2D eigenvalue weighted by atomic mass is 19.1. The van der Waals surface area contributed by atoms with Gasteiger partial charge in [-0.1, -0.05) is 19.4 Å². The number of carboxylic acids is 1. The number of hydrogen-bond acceptors (Lipinski definition) is 2. The van der Waals surface area contributed by atoms with Crippen LogP contribution in [-0.2, 0) is 4.79 Å². The van der Waals surface area contributed by atoms with E-state index in [4.69, 9.17) is 5.11 Å². The number of benzene rings is 1. The van der Waals surface area contributed by atoms with Crippen LogP contribution in [-0.4, -0.2) is 35.1 Å². The summed E-state index contributed by atoms with van der Waals surface area (Å²) in [4.78, 5) is 24.9.